The third kappa shape index (κ3) is 55.2. The van der Waals surface area contributed by atoms with Crippen LogP contribution in [0.1, 0.15) is 6.92 Å². The summed E-state index contributed by atoms with van der Waals surface area (Å²) in [7, 11) is 0. The third-order valence-corrected chi connectivity index (χ3v) is 0.249. The van der Waals surface area contributed by atoms with Crippen LogP contribution in [0.4, 0.5) is 0 Å². The molecule has 0 aliphatic carbocycles. The zero-order valence-corrected chi connectivity index (χ0v) is 6.09. The van der Waals surface area contributed by atoms with Crippen LogP contribution in [-0.4, -0.2) is 19.3 Å². The van der Waals surface area contributed by atoms with Gasteiger partial charge in [-0.15, -0.1) is 0 Å². The molecule has 0 fully saturated rings. The molecule has 1 N–H and O–H groups in total. The number of rotatable bonds is 1. The fourth-order valence-corrected chi connectivity index (χ4v) is 0.117. The average molecular weight is 167 g/mol. The lowest BCUT2D eigenvalue weighted by Gasteiger charge is -1.83. The van der Waals surface area contributed by atoms with Gasteiger partial charge >= 0.3 is 5.97 Å². The summed E-state index contributed by atoms with van der Waals surface area (Å²) in [6.45, 7) is 4.48. The lowest BCUT2D eigenvalue weighted by atomic mass is 10.8. The second-order valence-corrected chi connectivity index (χ2v) is 1.43. The van der Waals surface area contributed by atoms with Crippen molar-refractivity contribution in [3.05, 3.63) is 12.8 Å². The molecule has 0 heterocycles. The first-order valence-electron chi connectivity index (χ1n) is 2.07. The van der Waals surface area contributed by atoms with E-state index in [1.807, 2.05) is 0 Å². The van der Waals surface area contributed by atoms with Gasteiger partial charge in [0, 0.05) is 6.92 Å². The standard InChI is InChI=1S/C4H6O2.H2O3S/c1-3-6-4(2)5;1-4(2)3/h3H,1H2,2H3;(H2,1,2,3)/p-1. The van der Waals surface area contributed by atoms with Gasteiger partial charge in [0.1, 0.15) is 0 Å². The minimum Gasteiger partial charge on any atom is -0.750 e. The van der Waals surface area contributed by atoms with Crippen molar-refractivity contribution >= 4 is 17.3 Å². The van der Waals surface area contributed by atoms with Crippen LogP contribution in [0.3, 0.4) is 0 Å². The van der Waals surface area contributed by atoms with Crippen LogP contribution in [0.2, 0.25) is 0 Å². The maximum absolute atomic E-state index is 9.75. The first-order valence-corrected chi connectivity index (χ1v) is 3.10. The van der Waals surface area contributed by atoms with E-state index in [0.29, 0.717) is 0 Å². The highest BCUT2D eigenvalue weighted by Gasteiger charge is 1.79. The van der Waals surface area contributed by atoms with E-state index < -0.39 is 11.4 Å². The summed E-state index contributed by atoms with van der Waals surface area (Å²) in [4.78, 5) is 9.75. The summed E-state index contributed by atoms with van der Waals surface area (Å²) < 4.78 is 28.2. The molecule has 0 saturated heterocycles. The minimum atomic E-state index is -2.86. The molecule has 6 heteroatoms. The van der Waals surface area contributed by atoms with E-state index in [-0.39, 0.29) is 5.97 Å². The van der Waals surface area contributed by atoms with E-state index in [1.54, 1.807) is 0 Å². The Morgan fingerprint density at radius 1 is 1.90 bits per heavy atom. The number of carbonyl (C=O) groups is 1. The van der Waals surface area contributed by atoms with Crippen LogP contribution < -0.4 is 0 Å². The highest BCUT2D eigenvalue weighted by Crippen LogP contribution is 1.70. The quantitative estimate of drug-likeness (QED) is 0.338. The molecule has 0 aromatic heterocycles. The second-order valence-electron chi connectivity index (χ2n) is 0.993. The summed E-state index contributed by atoms with van der Waals surface area (Å²) >= 11 is -2.86. The van der Waals surface area contributed by atoms with Crippen molar-refractivity contribution in [2.75, 3.05) is 0 Å². The van der Waals surface area contributed by atoms with Gasteiger partial charge in [-0.05, 0) is 0 Å². The molecule has 0 rings (SSSR count). The number of ether oxygens (including phenoxy) is 1. The zero-order valence-electron chi connectivity index (χ0n) is 5.27. The van der Waals surface area contributed by atoms with Crippen LogP contribution in [0.25, 0.3) is 0 Å². The summed E-state index contributed by atoms with van der Waals surface area (Å²) in [5.41, 5.74) is 0. The minimum absolute atomic E-state index is 0.329. The Labute approximate surface area is 60.8 Å². The SMILES string of the molecule is C=COC(C)=O.O=S([O-])O. The Morgan fingerprint density at radius 3 is 2.20 bits per heavy atom. The third-order valence-electron chi connectivity index (χ3n) is 0.249. The molecule has 0 aliphatic rings. The average Bonchev–Trinajstić information content (AvgIpc) is 1.62. The van der Waals surface area contributed by atoms with Gasteiger partial charge in [-0.1, -0.05) is 6.58 Å². The highest BCUT2D eigenvalue weighted by molar-refractivity contribution is 7.73. The molecule has 0 amide bonds. The van der Waals surface area contributed by atoms with Crippen molar-refractivity contribution in [2.45, 2.75) is 6.92 Å². The molecular weight excluding hydrogens is 160 g/mol. The zero-order chi connectivity index (χ0) is 8.57. The smallest absolute Gasteiger partial charge is 0.307 e. The Balaban J connectivity index is 0. The summed E-state index contributed by atoms with van der Waals surface area (Å²) in [6, 6.07) is 0. The molecule has 0 spiro atoms. The second kappa shape index (κ2) is 8.28. The van der Waals surface area contributed by atoms with E-state index in [1.165, 1.54) is 6.92 Å². The fourth-order valence-electron chi connectivity index (χ4n) is 0.117. The van der Waals surface area contributed by atoms with E-state index in [9.17, 15) is 4.79 Å². The van der Waals surface area contributed by atoms with Crippen LogP contribution in [0.5, 0.6) is 0 Å². The normalized spacial score (nSPS) is 10.3. The molecule has 0 radical (unpaired) electrons. The predicted molar refractivity (Wildman–Crippen MR) is 33.5 cm³/mol. The fraction of sp³-hybridized carbons (Fsp3) is 0.250. The molecule has 1 unspecified atom stereocenters. The van der Waals surface area contributed by atoms with Crippen molar-refractivity contribution in [2.24, 2.45) is 0 Å². The van der Waals surface area contributed by atoms with E-state index >= 15 is 0 Å². The van der Waals surface area contributed by atoms with Crippen molar-refractivity contribution in [1.29, 1.82) is 0 Å². The highest BCUT2D eigenvalue weighted by atomic mass is 32.2. The Kier molecular flexibility index (Phi) is 9.94. The molecule has 0 aromatic rings. The van der Waals surface area contributed by atoms with E-state index in [4.69, 9.17) is 13.3 Å². The Bertz CT molecular complexity index is 128. The number of hydrogen-bond donors (Lipinski definition) is 1. The first-order chi connectivity index (χ1) is 4.50. The van der Waals surface area contributed by atoms with Crippen LogP contribution in [0.15, 0.2) is 12.8 Å². The van der Waals surface area contributed by atoms with Gasteiger partial charge in [-0.3, -0.25) is 4.79 Å². The maximum Gasteiger partial charge on any atom is 0.307 e. The number of esters is 1. The monoisotopic (exact) mass is 167 g/mol. The number of hydrogen-bond acceptors (Lipinski definition) is 4. The molecule has 60 valence electrons. The van der Waals surface area contributed by atoms with Crippen LogP contribution in [-0.2, 0) is 20.9 Å². The molecule has 5 nitrogen and oxygen atoms in total. The van der Waals surface area contributed by atoms with Crippen molar-refractivity contribution in [3.63, 3.8) is 0 Å². The van der Waals surface area contributed by atoms with Gasteiger partial charge in [0.25, 0.3) is 0 Å². The largest absolute Gasteiger partial charge is 0.750 e. The van der Waals surface area contributed by atoms with Gasteiger partial charge in [0.05, 0.1) is 17.6 Å². The van der Waals surface area contributed by atoms with Crippen LogP contribution in [0, 0.1) is 0 Å². The Hall–Kier alpha value is -0.720. The Morgan fingerprint density at radius 2 is 2.20 bits per heavy atom. The summed E-state index contributed by atoms with van der Waals surface area (Å²) in [6.07, 6.45) is 1.10. The number of carbonyl (C=O) groups excluding carboxylic acids is 1. The van der Waals surface area contributed by atoms with E-state index in [0.717, 1.165) is 6.26 Å². The molecule has 0 aliphatic heterocycles. The lowest BCUT2D eigenvalue weighted by Crippen LogP contribution is -1.87. The molecule has 1 atom stereocenters. The predicted octanol–water partition coefficient (Wildman–Crippen LogP) is 0.0315. The molecule has 0 aromatic carbocycles. The van der Waals surface area contributed by atoms with Crippen molar-refractivity contribution in [1.82, 2.24) is 0 Å². The first kappa shape index (κ1) is 12.0. The van der Waals surface area contributed by atoms with Crippen molar-refractivity contribution < 1.29 is 22.8 Å². The van der Waals surface area contributed by atoms with Gasteiger partial charge < -0.3 is 13.8 Å². The van der Waals surface area contributed by atoms with Gasteiger partial charge in [0.15, 0.2) is 0 Å². The molecule has 0 bridgehead atoms. The van der Waals surface area contributed by atoms with E-state index in [2.05, 4.69) is 11.3 Å². The van der Waals surface area contributed by atoms with Gasteiger partial charge in [0.2, 0.25) is 0 Å². The molecule has 0 saturated carbocycles. The van der Waals surface area contributed by atoms with Gasteiger partial charge in [-0.25, -0.2) is 4.21 Å². The summed E-state index contributed by atoms with van der Waals surface area (Å²) in [5.74, 6) is -0.329. The summed E-state index contributed by atoms with van der Waals surface area (Å²) in [5, 5.41) is 0. The van der Waals surface area contributed by atoms with Crippen molar-refractivity contribution in [3.8, 4) is 0 Å². The topological polar surface area (TPSA) is 86.7 Å². The maximum atomic E-state index is 9.75. The molecule has 10 heavy (non-hydrogen) atoms. The van der Waals surface area contributed by atoms with Gasteiger partial charge in [-0.2, -0.15) is 0 Å². The van der Waals surface area contributed by atoms with Crippen LogP contribution >= 0.6 is 0 Å². The lowest BCUT2D eigenvalue weighted by molar-refractivity contribution is -0.135. The molecular formula is C4H7O5S-.